The lowest BCUT2D eigenvalue weighted by molar-refractivity contribution is -0.135. The van der Waals surface area contributed by atoms with Crippen LogP contribution in [0.1, 0.15) is 71.6 Å². The van der Waals surface area contributed by atoms with Crippen LogP contribution in [-0.4, -0.2) is 72.0 Å². The second-order valence-corrected chi connectivity index (χ2v) is 16.1. The van der Waals surface area contributed by atoms with Crippen molar-refractivity contribution in [1.29, 1.82) is 0 Å². The first-order chi connectivity index (χ1) is 25.5. The number of methoxy groups -OCH3 is 1. The fourth-order valence-electron chi connectivity index (χ4n) is 6.10. The Balaban J connectivity index is 0.000000159. The fourth-order valence-corrected chi connectivity index (χ4v) is 7.41. The molecule has 53 heavy (non-hydrogen) atoms. The van der Waals surface area contributed by atoms with Gasteiger partial charge in [0.1, 0.15) is 11.6 Å². The molecule has 284 valence electrons. The van der Waals surface area contributed by atoms with Crippen LogP contribution in [0.2, 0.25) is 0 Å². The molecule has 4 aromatic rings. The molecule has 3 amide bonds. The number of ether oxygens (including phenoxy) is 1. The number of nitrogens with zero attached hydrogens (tertiary/aromatic N) is 3. The summed E-state index contributed by atoms with van der Waals surface area (Å²) in [6.07, 6.45) is 14.1. The average molecular weight is 747 g/mol. The van der Waals surface area contributed by atoms with Crippen molar-refractivity contribution in [1.82, 2.24) is 19.6 Å². The molecular formula is C39H50N6O7S. The second-order valence-electron chi connectivity index (χ2n) is 13.9. The number of aromatic nitrogens is 2. The molecule has 0 unspecified atom stereocenters. The van der Waals surface area contributed by atoms with E-state index in [1.165, 1.54) is 24.2 Å². The number of anilines is 1. The van der Waals surface area contributed by atoms with Gasteiger partial charge in [0.15, 0.2) is 5.58 Å². The molecule has 2 aromatic carbocycles. The van der Waals surface area contributed by atoms with Crippen LogP contribution in [0.15, 0.2) is 77.4 Å². The van der Waals surface area contributed by atoms with Gasteiger partial charge in [0.2, 0.25) is 33.6 Å². The first-order valence-corrected chi connectivity index (χ1v) is 19.7. The molecule has 2 aromatic heterocycles. The number of hydrogen-bond donors (Lipinski definition) is 3. The van der Waals surface area contributed by atoms with Crippen LogP contribution < -0.4 is 20.5 Å². The summed E-state index contributed by atoms with van der Waals surface area (Å²) < 4.78 is 36.0. The van der Waals surface area contributed by atoms with Gasteiger partial charge >= 0.3 is 0 Å². The van der Waals surface area contributed by atoms with E-state index in [9.17, 15) is 22.8 Å². The Bertz CT molecular complexity index is 1990. The lowest BCUT2D eigenvalue weighted by atomic mass is 10.2. The SMILES string of the molecule is CCCCC/C=C\[C@@H]1C[C@@H]1C(=O)NS(=O)(=O)C1(C)CC1.COc1nccc2ccccc12.NC(=O)[C@@H]1CCCN1C(=O)CNc1nc2ccccc2o1. The molecule has 3 atom stereocenters. The first kappa shape index (κ1) is 39.2. The van der Waals surface area contributed by atoms with Gasteiger partial charge in [0.05, 0.1) is 18.4 Å². The zero-order chi connectivity index (χ0) is 38.0. The van der Waals surface area contributed by atoms with Crippen molar-refractivity contribution in [3.63, 3.8) is 0 Å². The Morgan fingerprint density at radius 3 is 2.57 bits per heavy atom. The number of nitrogens with two attached hydrogens (primary N) is 1. The predicted octanol–water partition coefficient (Wildman–Crippen LogP) is 5.72. The summed E-state index contributed by atoms with van der Waals surface area (Å²) in [6.45, 7) is 4.45. The van der Waals surface area contributed by atoms with Gasteiger partial charge in [-0.25, -0.2) is 13.4 Å². The molecule has 3 fully saturated rings. The summed E-state index contributed by atoms with van der Waals surface area (Å²) in [6, 6.07) is 17.1. The second kappa shape index (κ2) is 17.7. The number of para-hydroxylation sites is 2. The Kier molecular flexibility index (Phi) is 13.1. The molecule has 7 rings (SSSR count). The summed E-state index contributed by atoms with van der Waals surface area (Å²) in [7, 11) is -1.84. The number of amides is 3. The largest absolute Gasteiger partial charge is 0.481 e. The summed E-state index contributed by atoms with van der Waals surface area (Å²) in [5, 5.41) is 5.06. The number of benzene rings is 2. The van der Waals surface area contributed by atoms with Crippen molar-refractivity contribution in [2.45, 2.75) is 82.4 Å². The highest BCUT2D eigenvalue weighted by atomic mass is 32.2. The Hall–Kier alpha value is -4.98. The molecule has 3 heterocycles. The summed E-state index contributed by atoms with van der Waals surface area (Å²) in [5.41, 5.74) is 6.68. The fraction of sp³-hybridized carbons (Fsp3) is 0.462. The summed E-state index contributed by atoms with van der Waals surface area (Å²) in [4.78, 5) is 45.2. The molecule has 2 aliphatic carbocycles. The number of sulfonamides is 1. The van der Waals surface area contributed by atoms with Gasteiger partial charge in [-0.3, -0.25) is 19.1 Å². The molecule has 14 heteroatoms. The summed E-state index contributed by atoms with van der Waals surface area (Å²) >= 11 is 0. The molecular weight excluding hydrogens is 697 g/mol. The van der Waals surface area contributed by atoms with Crippen LogP contribution in [0.25, 0.3) is 21.9 Å². The number of pyridine rings is 1. The van der Waals surface area contributed by atoms with Crippen molar-refractivity contribution in [2.24, 2.45) is 17.6 Å². The normalized spacial score (nSPS) is 19.8. The third-order valence-electron chi connectivity index (χ3n) is 9.79. The Morgan fingerprint density at radius 2 is 1.85 bits per heavy atom. The Labute approximate surface area is 310 Å². The number of hydrogen-bond acceptors (Lipinski definition) is 10. The zero-order valence-electron chi connectivity index (χ0n) is 30.6. The lowest BCUT2D eigenvalue weighted by Gasteiger charge is -2.21. The van der Waals surface area contributed by atoms with E-state index in [0.29, 0.717) is 43.3 Å². The topological polar surface area (TPSA) is 187 Å². The van der Waals surface area contributed by atoms with Crippen LogP contribution in [0.3, 0.4) is 0 Å². The molecule has 3 aliphatic rings. The number of carbonyl (C=O) groups excluding carboxylic acids is 3. The van der Waals surface area contributed by atoms with Crippen molar-refractivity contribution in [3.05, 3.63) is 72.9 Å². The smallest absolute Gasteiger partial charge is 0.296 e. The van der Waals surface area contributed by atoms with E-state index < -0.39 is 26.7 Å². The van der Waals surface area contributed by atoms with Crippen molar-refractivity contribution >= 4 is 55.6 Å². The van der Waals surface area contributed by atoms with E-state index in [0.717, 1.165) is 35.6 Å². The molecule has 2 saturated carbocycles. The number of fused-ring (bicyclic) bond motifs is 2. The molecule has 1 saturated heterocycles. The number of unbranched alkanes of at least 4 members (excludes halogenated alkanes) is 3. The monoisotopic (exact) mass is 746 g/mol. The maximum absolute atomic E-state index is 12.1. The van der Waals surface area contributed by atoms with Crippen LogP contribution >= 0.6 is 0 Å². The van der Waals surface area contributed by atoms with E-state index in [2.05, 4.69) is 39.1 Å². The zero-order valence-corrected chi connectivity index (χ0v) is 31.4. The molecule has 13 nitrogen and oxygen atoms in total. The van der Waals surface area contributed by atoms with E-state index in [-0.39, 0.29) is 30.2 Å². The van der Waals surface area contributed by atoms with Gasteiger partial charge in [0, 0.05) is 24.0 Å². The van der Waals surface area contributed by atoms with Gasteiger partial charge in [-0.05, 0) is 87.4 Å². The van der Waals surface area contributed by atoms with Gasteiger partial charge in [-0.2, -0.15) is 4.98 Å². The van der Waals surface area contributed by atoms with Crippen molar-refractivity contribution < 1.29 is 32.0 Å². The summed E-state index contributed by atoms with van der Waals surface area (Å²) in [5.74, 6) is -0.177. The Morgan fingerprint density at radius 1 is 1.09 bits per heavy atom. The predicted molar refractivity (Wildman–Crippen MR) is 204 cm³/mol. The van der Waals surface area contributed by atoms with Crippen LogP contribution in [-0.2, 0) is 24.4 Å². The van der Waals surface area contributed by atoms with Crippen LogP contribution in [0.4, 0.5) is 6.01 Å². The molecule has 4 N–H and O–H groups in total. The minimum absolute atomic E-state index is 0.0244. The highest BCUT2D eigenvalue weighted by Crippen LogP contribution is 2.44. The number of likely N-dealkylation sites (tertiary alicyclic amines) is 1. The van der Waals surface area contributed by atoms with Crippen LogP contribution in [0, 0.1) is 11.8 Å². The van der Waals surface area contributed by atoms with E-state index in [4.69, 9.17) is 14.9 Å². The minimum atomic E-state index is -3.47. The van der Waals surface area contributed by atoms with E-state index in [1.54, 1.807) is 26.3 Å². The molecule has 0 radical (unpaired) electrons. The molecule has 1 aliphatic heterocycles. The van der Waals surface area contributed by atoms with Gasteiger partial charge in [-0.15, -0.1) is 0 Å². The number of allylic oxidation sites excluding steroid dienone is 2. The quantitative estimate of drug-likeness (QED) is 0.113. The van der Waals surface area contributed by atoms with Crippen molar-refractivity contribution in [3.8, 4) is 5.88 Å². The number of nitrogens with one attached hydrogen (secondary N) is 2. The highest BCUT2D eigenvalue weighted by Gasteiger charge is 2.52. The maximum Gasteiger partial charge on any atom is 0.296 e. The minimum Gasteiger partial charge on any atom is -0.481 e. The third kappa shape index (κ3) is 10.3. The van der Waals surface area contributed by atoms with Crippen molar-refractivity contribution in [2.75, 3.05) is 25.5 Å². The van der Waals surface area contributed by atoms with Gasteiger partial charge in [-0.1, -0.05) is 62.2 Å². The standard InChI is InChI=1S/C15H25NO3S.C14H16N4O3.C10H9NO/c1-3-4-5-6-7-8-12-11-13(12)14(17)16-20(18,19)15(2)9-10-15;15-13(20)10-5-3-7-18(10)12(19)8-16-14-17-9-4-1-2-6-11(9)21-14;1-12-10-9-5-3-2-4-8(9)6-7-11-10/h7-8,12-13H,3-6,9-11H2,1-2H3,(H,16,17);1-2,4,6,10H,3,5,7-8H2,(H2,15,20)(H,16,17);2-7H,1H3/b8-7-;;/t12-,13+;10-;/m10./s1. The number of oxazole rings is 1. The lowest BCUT2D eigenvalue weighted by Crippen LogP contribution is -2.45. The third-order valence-corrected chi connectivity index (χ3v) is 12.0. The van der Waals surface area contributed by atoms with Gasteiger partial charge < -0.3 is 25.1 Å². The first-order valence-electron chi connectivity index (χ1n) is 18.2. The number of carbonyl (C=O) groups is 3. The highest BCUT2D eigenvalue weighted by molar-refractivity contribution is 7.91. The molecule has 0 spiro atoms. The average Bonchev–Trinajstić information content (AvgIpc) is 3.99. The van der Waals surface area contributed by atoms with Gasteiger partial charge in [0.25, 0.3) is 6.01 Å². The van der Waals surface area contributed by atoms with E-state index >= 15 is 0 Å². The molecule has 0 bridgehead atoms. The van der Waals surface area contributed by atoms with Crippen LogP contribution in [0.5, 0.6) is 5.88 Å². The number of primary amides is 1. The number of rotatable bonds is 13. The van der Waals surface area contributed by atoms with E-state index in [1.807, 2.05) is 48.5 Å². The maximum atomic E-state index is 12.1.